The van der Waals surface area contributed by atoms with Crippen molar-refractivity contribution in [1.82, 2.24) is 0 Å². The van der Waals surface area contributed by atoms with Crippen LogP contribution in [0, 0.1) is 18.8 Å². The van der Waals surface area contributed by atoms with E-state index in [1.54, 1.807) is 24.3 Å². The first-order chi connectivity index (χ1) is 12.8. The normalized spacial score (nSPS) is 15.3. The summed E-state index contributed by atoms with van der Waals surface area (Å²) in [4.78, 5) is 0.186. The maximum atomic E-state index is 12.4. The van der Waals surface area contributed by atoms with Gasteiger partial charge in [0.15, 0.2) is 0 Å². The molecule has 0 spiro atoms. The Kier molecular flexibility index (Phi) is 8.02. The maximum absolute atomic E-state index is 12.4. The second kappa shape index (κ2) is 10.0. The van der Waals surface area contributed by atoms with E-state index in [0.29, 0.717) is 12.5 Å². The second-order valence-electron chi connectivity index (χ2n) is 7.18. The Labute approximate surface area is 163 Å². The standard InChI is InChI=1S/C22H30O4S/c1-5-18(3)22(25-16-20-9-7-6-8-10-20)19(4)15-26-27(23,24)21-13-11-17(2)12-14-21/h6-14,18-19,22H,5,15-16H2,1-4H3/t18-,19-,22+/m0/s1/i15+2. The van der Waals surface area contributed by atoms with Gasteiger partial charge in [-0.2, -0.15) is 8.42 Å². The molecule has 2 aromatic carbocycles. The van der Waals surface area contributed by atoms with Gasteiger partial charge in [0, 0.05) is 5.92 Å². The first-order valence-electron chi connectivity index (χ1n) is 9.45. The van der Waals surface area contributed by atoms with Crippen molar-refractivity contribution in [3.63, 3.8) is 0 Å². The van der Waals surface area contributed by atoms with E-state index in [2.05, 4.69) is 13.8 Å². The highest BCUT2D eigenvalue weighted by Crippen LogP contribution is 2.23. The van der Waals surface area contributed by atoms with E-state index >= 15 is 0 Å². The molecule has 0 aliphatic heterocycles. The van der Waals surface area contributed by atoms with Crippen LogP contribution in [-0.4, -0.2) is 21.1 Å². The summed E-state index contributed by atoms with van der Waals surface area (Å²) in [5, 5.41) is 0. The first-order valence-corrected chi connectivity index (χ1v) is 10.9. The quantitative estimate of drug-likeness (QED) is 0.536. The summed E-state index contributed by atoms with van der Waals surface area (Å²) >= 11 is 0. The van der Waals surface area contributed by atoms with Crippen LogP contribution < -0.4 is 0 Å². The summed E-state index contributed by atoms with van der Waals surface area (Å²) < 4.78 is 36.3. The molecular formula is C22H30O4S. The van der Waals surface area contributed by atoms with E-state index in [-0.39, 0.29) is 23.5 Å². The molecule has 5 heteroatoms. The van der Waals surface area contributed by atoms with Crippen molar-refractivity contribution >= 4 is 10.1 Å². The summed E-state index contributed by atoms with van der Waals surface area (Å²) in [6.45, 7) is 8.73. The lowest BCUT2D eigenvalue weighted by Crippen LogP contribution is -2.32. The average molecular weight is 393 g/mol. The van der Waals surface area contributed by atoms with Gasteiger partial charge in [-0.1, -0.05) is 75.2 Å². The SMILES string of the molecule is CC[C@H](C)[C@@H](OCc1ccccc1)[C@@H](C)[14CH2]OS(=O)(=O)c1ccc(C)cc1. The minimum absolute atomic E-state index is 0.0520. The summed E-state index contributed by atoms with van der Waals surface area (Å²) in [6.07, 6.45) is 0.873. The summed E-state index contributed by atoms with van der Waals surface area (Å²) in [6, 6.07) is 16.7. The van der Waals surface area contributed by atoms with Gasteiger partial charge < -0.3 is 4.74 Å². The van der Waals surface area contributed by atoms with E-state index in [1.807, 2.05) is 44.2 Å². The molecule has 4 nitrogen and oxygen atoms in total. The van der Waals surface area contributed by atoms with Crippen LogP contribution in [0.15, 0.2) is 59.5 Å². The van der Waals surface area contributed by atoms with Crippen molar-refractivity contribution in [2.24, 2.45) is 11.8 Å². The molecule has 0 amide bonds. The van der Waals surface area contributed by atoms with E-state index < -0.39 is 10.1 Å². The zero-order chi connectivity index (χ0) is 19.9. The molecular weight excluding hydrogens is 362 g/mol. The molecule has 0 saturated heterocycles. The zero-order valence-electron chi connectivity index (χ0n) is 16.6. The Hall–Kier alpha value is -1.69. The van der Waals surface area contributed by atoms with E-state index in [0.717, 1.165) is 17.5 Å². The molecule has 2 aromatic rings. The Morgan fingerprint density at radius 3 is 2.22 bits per heavy atom. The average Bonchev–Trinajstić information content (AvgIpc) is 2.67. The second-order valence-corrected chi connectivity index (χ2v) is 8.79. The highest BCUT2D eigenvalue weighted by Gasteiger charge is 2.26. The zero-order valence-corrected chi connectivity index (χ0v) is 17.4. The molecule has 0 heterocycles. The van der Waals surface area contributed by atoms with Crippen molar-refractivity contribution in [2.45, 2.75) is 51.7 Å². The number of benzene rings is 2. The minimum atomic E-state index is -3.76. The van der Waals surface area contributed by atoms with Gasteiger partial charge in [0.05, 0.1) is 24.2 Å². The lowest BCUT2D eigenvalue weighted by molar-refractivity contribution is -0.0390. The van der Waals surface area contributed by atoms with Crippen molar-refractivity contribution in [2.75, 3.05) is 6.61 Å². The van der Waals surface area contributed by atoms with Gasteiger partial charge in [-0.05, 0) is 30.5 Å². The molecule has 2 rings (SSSR count). The van der Waals surface area contributed by atoms with Crippen LogP contribution in [0.5, 0.6) is 0 Å². The molecule has 0 bridgehead atoms. The first kappa shape index (κ1) is 21.6. The fourth-order valence-electron chi connectivity index (χ4n) is 2.95. The summed E-state index contributed by atoms with van der Waals surface area (Å²) in [5.41, 5.74) is 2.11. The highest BCUT2D eigenvalue weighted by molar-refractivity contribution is 7.86. The third-order valence-corrected chi connectivity index (χ3v) is 6.14. The number of rotatable bonds is 10. The molecule has 0 saturated carbocycles. The van der Waals surface area contributed by atoms with Crippen LogP contribution in [0.2, 0.25) is 0 Å². The van der Waals surface area contributed by atoms with Crippen LogP contribution in [0.3, 0.4) is 0 Å². The van der Waals surface area contributed by atoms with Crippen LogP contribution in [0.1, 0.15) is 38.3 Å². The van der Waals surface area contributed by atoms with E-state index in [9.17, 15) is 8.42 Å². The Morgan fingerprint density at radius 1 is 1.00 bits per heavy atom. The fourth-order valence-corrected chi connectivity index (χ4v) is 3.95. The number of hydrogen-bond donors (Lipinski definition) is 0. The molecule has 0 N–H and O–H groups in total. The van der Waals surface area contributed by atoms with Gasteiger partial charge >= 0.3 is 0 Å². The molecule has 0 aliphatic rings. The van der Waals surface area contributed by atoms with Crippen molar-refractivity contribution in [1.29, 1.82) is 0 Å². The topological polar surface area (TPSA) is 52.6 Å². The molecule has 27 heavy (non-hydrogen) atoms. The van der Waals surface area contributed by atoms with Crippen LogP contribution >= 0.6 is 0 Å². The molecule has 0 aromatic heterocycles. The largest absolute Gasteiger partial charge is 0.373 e. The summed E-state index contributed by atoms with van der Waals surface area (Å²) in [5.74, 6) is 0.248. The smallest absolute Gasteiger partial charge is 0.296 e. The Bertz CT molecular complexity index is 785. The third-order valence-electron chi connectivity index (χ3n) is 4.85. The number of aryl methyl sites for hydroxylation is 1. The summed E-state index contributed by atoms with van der Waals surface area (Å²) in [7, 11) is -3.76. The van der Waals surface area contributed by atoms with Crippen molar-refractivity contribution in [3.05, 3.63) is 65.7 Å². The predicted molar refractivity (Wildman–Crippen MR) is 108 cm³/mol. The van der Waals surface area contributed by atoms with Crippen molar-refractivity contribution < 1.29 is 17.3 Å². The molecule has 0 fully saturated rings. The molecule has 148 valence electrons. The number of hydrogen-bond acceptors (Lipinski definition) is 4. The molecule has 0 aliphatic carbocycles. The molecule has 0 radical (unpaired) electrons. The van der Waals surface area contributed by atoms with Gasteiger partial charge in [-0.15, -0.1) is 0 Å². The molecule has 3 atom stereocenters. The van der Waals surface area contributed by atoms with Gasteiger partial charge in [0.25, 0.3) is 10.1 Å². The van der Waals surface area contributed by atoms with Gasteiger partial charge in [-0.3, -0.25) is 4.18 Å². The van der Waals surface area contributed by atoms with Crippen LogP contribution in [0.4, 0.5) is 0 Å². The van der Waals surface area contributed by atoms with Gasteiger partial charge in [0.2, 0.25) is 0 Å². The fraction of sp³-hybridized carbons (Fsp3) is 0.455. The lowest BCUT2D eigenvalue weighted by Gasteiger charge is -2.29. The molecule has 0 unspecified atom stereocenters. The maximum Gasteiger partial charge on any atom is 0.296 e. The van der Waals surface area contributed by atoms with Gasteiger partial charge in [-0.25, -0.2) is 0 Å². The van der Waals surface area contributed by atoms with E-state index in [4.69, 9.17) is 8.92 Å². The predicted octanol–water partition coefficient (Wildman–Crippen LogP) is 4.97. The van der Waals surface area contributed by atoms with Gasteiger partial charge in [0.1, 0.15) is 0 Å². The Morgan fingerprint density at radius 2 is 1.63 bits per heavy atom. The highest BCUT2D eigenvalue weighted by atomic mass is 32.2. The minimum Gasteiger partial charge on any atom is -0.373 e. The van der Waals surface area contributed by atoms with Crippen LogP contribution in [-0.2, 0) is 25.6 Å². The lowest BCUT2D eigenvalue weighted by atomic mass is 9.96. The van der Waals surface area contributed by atoms with Crippen molar-refractivity contribution in [3.8, 4) is 0 Å². The monoisotopic (exact) mass is 392 g/mol. The Balaban J connectivity index is 2.00. The third kappa shape index (κ3) is 6.45. The van der Waals surface area contributed by atoms with E-state index in [1.165, 1.54) is 0 Å². The number of ether oxygens (including phenoxy) is 1. The van der Waals surface area contributed by atoms with Crippen LogP contribution in [0.25, 0.3) is 0 Å².